The van der Waals surface area contributed by atoms with Crippen molar-refractivity contribution in [3.8, 4) is 5.75 Å². The van der Waals surface area contributed by atoms with Crippen molar-refractivity contribution in [1.82, 2.24) is 5.32 Å². The van der Waals surface area contributed by atoms with E-state index in [0.717, 1.165) is 38.3 Å². The summed E-state index contributed by atoms with van der Waals surface area (Å²) in [5.74, 6) is 1.43. The van der Waals surface area contributed by atoms with Crippen LogP contribution in [0.2, 0.25) is 0 Å². The first-order chi connectivity index (χ1) is 10.3. The maximum absolute atomic E-state index is 5.82. The van der Waals surface area contributed by atoms with E-state index in [-0.39, 0.29) is 0 Å². The molecule has 0 saturated heterocycles. The molecule has 5 heteroatoms. The van der Waals surface area contributed by atoms with Gasteiger partial charge in [-0.25, -0.2) is 0 Å². The zero-order valence-electron chi connectivity index (χ0n) is 13.1. The van der Waals surface area contributed by atoms with Gasteiger partial charge in [-0.3, -0.25) is 4.99 Å². The Morgan fingerprint density at radius 1 is 1.24 bits per heavy atom. The number of rotatable bonds is 10. The van der Waals surface area contributed by atoms with E-state index in [1.165, 1.54) is 5.56 Å². The Morgan fingerprint density at radius 2 is 2.05 bits per heavy atom. The number of hydrogen-bond donors (Lipinski definition) is 2. The number of nitrogens with zero attached hydrogens (tertiary/aromatic N) is 1. The molecule has 21 heavy (non-hydrogen) atoms. The molecule has 0 heterocycles. The molecule has 5 nitrogen and oxygen atoms in total. The number of para-hydroxylation sites is 1. The molecule has 1 rings (SSSR count). The van der Waals surface area contributed by atoms with E-state index in [4.69, 9.17) is 15.2 Å². The van der Waals surface area contributed by atoms with Crippen LogP contribution in [0.5, 0.6) is 5.75 Å². The number of benzene rings is 1. The molecule has 0 radical (unpaired) electrons. The van der Waals surface area contributed by atoms with Crippen molar-refractivity contribution in [2.24, 2.45) is 10.7 Å². The van der Waals surface area contributed by atoms with E-state index in [2.05, 4.69) is 16.4 Å². The van der Waals surface area contributed by atoms with E-state index in [1.807, 2.05) is 32.0 Å². The molecule has 0 unspecified atom stereocenters. The fourth-order valence-corrected chi connectivity index (χ4v) is 1.90. The van der Waals surface area contributed by atoms with Gasteiger partial charge in [0.1, 0.15) is 5.75 Å². The van der Waals surface area contributed by atoms with Crippen molar-refractivity contribution in [3.05, 3.63) is 29.8 Å². The van der Waals surface area contributed by atoms with Crippen LogP contribution < -0.4 is 15.8 Å². The van der Waals surface area contributed by atoms with Gasteiger partial charge in [0.25, 0.3) is 0 Å². The van der Waals surface area contributed by atoms with Crippen LogP contribution in [0.4, 0.5) is 0 Å². The van der Waals surface area contributed by atoms with E-state index >= 15 is 0 Å². The van der Waals surface area contributed by atoms with Crippen LogP contribution >= 0.6 is 0 Å². The predicted molar refractivity (Wildman–Crippen MR) is 86.9 cm³/mol. The van der Waals surface area contributed by atoms with Gasteiger partial charge < -0.3 is 20.5 Å². The molecule has 0 aromatic heterocycles. The second-order valence-electron chi connectivity index (χ2n) is 4.53. The van der Waals surface area contributed by atoms with Gasteiger partial charge in [0.2, 0.25) is 0 Å². The van der Waals surface area contributed by atoms with Crippen molar-refractivity contribution in [2.45, 2.75) is 26.7 Å². The van der Waals surface area contributed by atoms with Gasteiger partial charge in [-0.1, -0.05) is 18.2 Å². The zero-order valence-corrected chi connectivity index (χ0v) is 13.1. The van der Waals surface area contributed by atoms with Crippen LogP contribution in [-0.4, -0.2) is 38.9 Å². The number of ether oxygens (including phenoxy) is 2. The molecule has 0 atom stereocenters. The van der Waals surface area contributed by atoms with Crippen molar-refractivity contribution in [2.75, 3.05) is 32.9 Å². The lowest BCUT2D eigenvalue weighted by atomic mass is 10.1. The summed E-state index contributed by atoms with van der Waals surface area (Å²) >= 11 is 0. The highest BCUT2D eigenvalue weighted by Crippen LogP contribution is 2.17. The molecule has 0 spiro atoms. The molecule has 0 amide bonds. The Hall–Kier alpha value is -1.75. The van der Waals surface area contributed by atoms with E-state index in [1.54, 1.807) is 0 Å². The molecular weight excluding hydrogens is 266 g/mol. The lowest BCUT2D eigenvalue weighted by molar-refractivity contribution is 0.146. The Labute approximate surface area is 127 Å². The number of nitrogens with two attached hydrogens (primary N) is 1. The molecule has 118 valence electrons. The lowest BCUT2D eigenvalue weighted by Gasteiger charge is -2.10. The highest BCUT2D eigenvalue weighted by atomic mass is 16.5. The summed E-state index contributed by atoms with van der Waals surface area (Å²) in [7, 11) is 0. The van der Waals surface area contributed by atoms with Gasteiger partial charge in [0, 0.05) is 26.3 Å². The summed E-state index contributed by atoms with van der Waals surface area (Å²) in [5.41, 5.74) is 6.99. The third-order valence-corrected chi connectivity index (χ3v) is 2.91. The largest absolute Gasteiger partial charge is 0.494 e. The summed E-state index contributed by atoms with van der Waals surface area (Å²) < 4.78 is 10.8. The molecule has 0 saturated carbocycles. The molecule has 1 aromatic carbocycles. The third kappa shape index (κ3) is 7.56. The second kappa shape index (κ2) is 11.0. The minimum Gasteiger partial charge on any atom is -0.494 e. The van der Waals surface area contributed by atoms with Gasteiger partial charge in [0.15, 0.2) is 5.96 Å². The van der Waals surface area contributed by atoms with Gasteiger partial charge in [-0.15, -0.1) is 0 Å². The van der Waals surface area contributed by atoms with Gasteiger partial charge in [-0.2, -0.15) is 0 Å². The third-order valence-electron chi connectivity index (χ3n) is 2.91. The van der Waals surface area contributed by atoms with Crippen LogP contribution in [0, 0.1) is 0 Å². The Bertz CT molecular complexity index is 422. The van der Waals surface area contributed by atoms with E-state index in [0.29, 0.717) is 19.1 Å². The Balaban J connectivity index is 2.27. The summed E-state index contributed by atoms with van der Waals surface area (Å²) in [5, 5.41) is 3.12. The second-order valence-corrected chi connectivity index (χ2v) is 4.53. The monoisotopic (exact) mass is 293 g/mol. The average Bonchev–Trinajstić information content (AvgIpc) is 2.49. The first kappa shape index (κ1) is 17.3. The molecule has 0 aliphatic heterocycles. The number of aliphatic imine (C=N–C) groups is 1. The Kier molecular flexibility index (Phi) is 9.04. The standard InChI is InChI=1S/C16H27N3O2/c1-3-20-13-7-11-18-16(17)19-12-10-14-8-5-6-9-15(14)21-4-2/h5-6,8-9H,3-4,7,10-13H2,1-2H3,(H3,17,18,19). The Morgan fingerprint density at radius 3 is 2.81 bits per heavy atom. The van der Waals surface area contributed by atoms with E-state index < -0.39 is 0 Å². The summed E-state index contributed by atoms with van der Waals surface area (Å²) in [6.45, 7) is 7.56. The van der Waals surface area contributed by atoms with Crippen molar-refractivity contribution in [3.63, 3.8) is 0 Å². The van der Waals surface area contributed by atoms with Crippen LogP contribution in [0.15, 0.2) is 29.3 Å². The summed E-state index contributed by atoms with van der Waals surface area (Å²) in [4.78, 5) is 4.26. The molecule has 0 fully saturated rings. The average molecular weight is 293 g/mol. The highest BCUT2D eigenvalue weighted by Gasteiger charge is 2.02. The SMILES string of the molecule is CCOCCCN=C(N)NCCc1ccccc1OCC. The van der Waals surface area contributed by atoms with Crippen molar-refractivity contribution >= 4 is 5.96 Å². The lowest BCUT2D eigenvalue weighted by Crippen LogP contribution is -2.33. The van der Waals surface area contributed by atoms with Crippen LogP contribution in [-0.2, 0) is 11.2 Å². The predicted octanol–water partition coefficient (Wildman–Crippen LogP) is 1.96. The first-order valence-electron chi connectivity index (χ1n) is 7.60. The maximum Gasteiger partial charge on any atom is 0.188 e. The maximum atomic E-state index is 5.82. The van der Waals surface area contributed by atoms with Gasteiger partial charge >= 0.3 is 0 Å². The molecule has 1 aromatic rings. The number of nitrogens with one attached hydrogen (secondary N) is 1. The number of hydrogen-bond acceptors (Lipinski definition) is 3. The topological polar surface area (TPSA) is 68.9 Å². The fourth-order valence-electron chi connectivity index (χ4n) is 1.90. The fraction of sp³-hybridized carbons (Fsp3) is 0.562. The van der Waals surface area contributed by atoms with Crippen LogP contribution in [0.3, 0.4) is 0 Å². The minimum atomic E-state index is 0.486. The van der Waals surface area contributed by atoms with Crippen molar-refractivity contribution in [1.29, 1.82) is 0 Å². The highest BCUT2D eigenvalue weighted by molar-refractivity contribution is 5.77. The van der Waals surface area contributed by atoms with Crippen LogP contribution in [0.25, 0.3) is 0 Å². The first-order valence-corrected chi connectivity index (χ1v) is 7.60. The molecule has 3 N–H and O–H groups in total. The van der Waals surface area contributed by atoms with E-state index in [9.17, 15) is 0 Å². The summed E-state index contributed by atoms with van der Waals surface area (Å²) in [6.07, 6.45) is 1.74. The quantitative estimate of drug-likeness (QED) is 0.393. The zero-order chi connectivity index (χ0) is 15.3. The van der Waals surface area contributed by atoms with Crippen molar-refractivity contribution < 1.29 is 9.47 Å². The molecular formula is C16H27N3O2. The molecule has 0 aliphatic rings. The minimum absolute atomic E-state index is 0.486. The van der Waals surface area contributed by atoms with Gasteiger partial charge in [-0.05, 0) is 38.3 Å². The smallest absolute Gasteiger partial charge is 0.188 e. The van der Waals surface area contributed by atoms with Gasteiger partial charge in [0.05, 0.1) is 6.61 Å². The van der Waals surface area contributed by atoms with Crippen LogP contribution in [0.1, 0.15) is 25.8 Å². The molecule has 0 bridgehead atoms. The number of guanidine groups is 1. The normalized spacial score (nSPS) is 11.4. The molecule has 0 aliphatic carbocycles. The summed E-state index contributed by atoms with van der Waals surface area (Å²) in [6, 6.07) is 8.06.